The van der Waals surface area contributed by atoms with E-state index in [0.29, 0.717) is 12.2 Å². The van der Waals surface area contributed by atoms with Crippen LogP contribution >= 0.6 is 23.4 Å². The lowest BCUT2D eigenvalue weighted by Crippen LogP contribution is -2.26. The number of hydrogen-bond acceptors (Lipinski definition) is 4. The molecule has 0 bridgehead atoms. The quantitative estimate of drug-likeness (QED) is 0.801. The van der Waals surface area contributed by atoms with E-state index in [9.17, 15) is 4.79 Å². The number of hydrogen-bond donors (Lipinski definition) is 1. The number of thioether (sulfide) groups is 1. The Labute approximate surface area is 123 Å². The fraction of sp³-hybridized carbons (Fsp3) is 0.692. The predicted octanol–water partition coefficient (Wildman–Crippen LogP) is 3.25. The molecule has 0 aromatic carbocycles. The Bertz CT molecular complexity index is 450. The lowest BCUT2D eigenvalue weighted by molar-refractivity contribution is 0.543. The van der Waals surface area contributed by atoms with Gasteiger partial charge in [0.1, 0.15) is 5.02 Å². The van der Waals surface area contributed by atoms with Crippen molar-refractivity contribution in [2.75, 3.05) is 17.3 Å². The van der Waals surface area contributed by atoms with Gasteiger partial charge < -0.3 is 5.32 Å². The SMILES string of the molecule is CCCCn1ncc(NC(C)CCSC)c(Cl)c1=O. The number of aromatic nitrogens is 2. The molecular weight excluding hydrogens is 282 g/mol. The second kappa shape index (κ2) is 8.48. The first kappa shape index (κ1) is 16.4. The zero-order valence-corrected chi connectivity index (χ0v) is 13.4. The molecule has 0 fully saturated rings. The highest BCUT2D eigenvalue weighted by molar-refractivity contribution is 7.98. The smallest absolute Gasteiger partial charge is 0.287 e. The Hall–Kier alpha value is -0.680. The maximum absolute atomic E-state index is 12.0. The van der Waals surface area contributed by atoms with Crippen LogP contribution in [-0.2, 0) is 6.54 Å². The number of unbranched alkanes of at least 4 members (excludes halogenated alkanes) is 1. The molecule has 1 atom stereocenters. The van der Waals surface area contributed by atoms with E-state index in [1.165, 1.54) is 4.68 Å². The molecule has 0 aliphatic heterocycles. The van der Waals surface area contributed by atoms with Crippen molar-refractivity contribution in [2.24, 2.45) is 0 Å². The first-order chi connectivity index (χ1) is 9.10. The Morgan fingerprint density at radius 3 is 2.95 bits per heavy atom. The minimum Gasteiger partial charge on any atom is -0.380 e. The number of halogens is 1. The van der Waals surface area contributed by atoms with Gasteiger partial charge in [0.2, 0.25) is 0 Å². The molecular formula is C13H22ClN3OS. The van der Waals surface area contributed by atoms with Crippen LogP contribution in [0.2, 0.25) is 5.02 Å². The molecule has 0 radical (unpaired) electrons. The summed E-state index contributed by atoms with van der Waals surface area (Å²) in [5, 5.41) is 7.65. The average Bonchev–Trinajstić information content (AvgIpc) is 2.41. The van der Waals surface area contributed by atoms with Crippen LogP contribution in [0.15, 0.2) is 11.0 Å². The summed E-state index contributed by atoms with van der Waals surface area (Å²) >= 11 is 7.92. The summed E-state index contributed by atoms with van der Waals surface area (Å²) < 4.78 is 1.43. The lowest BCUT2D eigenvalue weighted by Gasteiger charge is -2.16. The molecule has 0 spiro atoms. The van der Waals surface area contributed by atoms with E-state index in [1.807, 2.05) is 0 Å². The van der Waals surface area contributed by atoms with Crippen LogP contribution in [0.25, 0.3) is 0 Å². The summed E-state index contributed by atoms with van der Waals surface area (Å²) in [4.78, 5) is 12.0. The molecule has 0 saturated heterocycles. The topological polar surface area (TPSA) is 46.9 Å². The standard InChI is InChI=1S/C13H22ClN3OS/c1-4-5-7-17-13(18)12(14)11(9-15-17)16-10(2)6-8-19-3/h9-10,16H,4-8H2,1-3H3. The maximum atomic E-state index is 12.0. The van der Waals surface area contributed by atoms with E-state index in [0.717, 1.165) is 25.0 Å². The largest absolute Gasteiger partial charge is 0.380 e. The summed E-state index contributed by atoms with van der Waals surface area (Å²) in [5.74, 6) is 1.08. The van der Waals surface area contributed by atoms with Gasteiger partial charge in [-0.2, -0.15) is 16.9 Å². The van der Waals surface area contributed by atoms with E-state index in [1.54, 1.807) is 18.0 Å². The Kier molecular flexibility index (Phi) is 7.31. The number of anilines is 1. The van der Waals surface area contributed by atoms with Crippen LogP contribution in [0.5, 0.6) is 0 Å². The highest BCUT2D eigenvalue weighted by atomic mass is 35.5. The van der Waals surface area contributed by atoms with Crippen LogP contribution in [0.3, 0.4) is 0 Å². The molecule has 0 saturated carbocycles. The third-order valence-corrected chi connectivity index (χ3v) is 3.87. The second-order valence-corrected chi connectivity index (χ2v) is 5.94. The summed E-state index contributed by atoms with van der Waals surface area (Å²) in [6.45, 7) is 4.78. The van der Waals surface area contributed by atoms with Gasteiger partial charge in [-0.1, -0.05) is 24.9 Å². The Morgan fingerprint density at radius 1 is 1.58 bits per heavy atom. The van der Waals surface area contributed by atoms with Gasteiger partial charge in [0.25, 0.3) is 5.56 Å². The normalized spacial score (nSPS) is 12.4. The zero-order chi connectivity index (χ0) is 14.3. The van der Waals surface area contributed by atoms with Gasteiger partial charge in [0, 0.05) is 12.6 Å². The number of nitrogens with zero attached hydrogens (tertiary/aromatic N) is 2. The van der Waals surface area contributed by atoms with E-state index >= 15 is 0 Å². The van der Waals surface area contributed by atoms with E-state index in [4.69, 9.17) is 11.6 Å². The van der Waals surface area contributed by atoms with Gasteiger partial charge >= 0.3 is 0 Å². The highest BCUT2D eigenvalue weighted by Crippen LogP contribution is 2.17. The third kappa shape index (κ3) is 5.07. The van der Waals surface area contributed by atoms with E-state index in [2.05, 4.69) is 30.5 Å². The molecule has 1 aromatic heterocycles. The van der Waals surface area contributed by atoms with Gasteiger partial charge in [0.05, 0.1) is 11.9 Å². The van der Waals surface area contributed by atoms with Gasteiger partial charge in [-0.05, 0) is 31.8 Å². The van der Waals surface area contributed by atoms with Crippen molar-refractivity contribution in [3.8, 4) is 0 Å². The zero-order valence-electron chi connectivity index (χ0n) is 11.8. The molecule has 0 amide bonds. The molecule has 0 aliphatic carbocycles. The maximum Gasteiger partial charge on any atom is 0.287 e. The molecule has 4 nitrogen and oxygen atoms in total. The number of aryl methyl sites for hydroxylation is 1. The van der Waals surface area contributed by atoms with Crippen molar-refractivity contribution in [1.29, 1.82) is 0 Å². The molecule has 6 heteroatoms. The van der Waals surface area contributed by atoms with Crippen molar-refractivity contribution in [3.05, 3.63) is 21.6 Å². The molecule has 1 aromatic rings. The summed E-state index contributed by atoms with van der Waals surface area (Å²) in [5.41, 5.74) is 0.421. The summed E-state index contributed by atoms with van der Waals surface area (Å²) in [6.07, 6.45) is 6.71. The number of rotatable bonds is 8. The first-order valence-corrected chi connectivity index (χ1v) is 8.38. The van der Waals surface area contributed by atoms with Gasteiger partial charge in [-0.25, -0.2) is 4.68 Å². The molecule has 1 heterocycles. The summed E-state index contributed by atoms with van der Waals surface area (Å²) in [6, 6.07) is 0.276. The van der Waals surface area contributed by atoms with Crippen LogP contribution in [0.1, 0.15) is 33.1 Å². The molecule has 1 unspecified atom stereocenters. The van der Waals surface area contributed by atoms with Gasteiger partial charge in [0.15, 0.2) is 0 Å². The van der Waals surface area contributed by atoms with Crippen LogP contribution < -0.4 is 10.9 Å². The Balaban J connectivity index is 2.75. The molecule has 0 aliphatic rings. The minimum absolute atomic E-state index is 0.211. The molecule has 108 valence electrons. The monoisotopic (exact) mass is 303 g/mol. The molecule has 19 heavy (non-hydrogen) atoms. The Morgan fingerprint density at radius 2 is 2.32 bits per heavy atom. The van der Waals surface area contributed by atoms with Crippen molar-refractivity contribution in [2.45, 2.75) is 45.7 Å². The van der Waals surface area contributed by atoms with Crippen molar-refractivity contribution < 1.29 is 0 Å². The number of nitrogens with one attached hydrogen (secondary N) is 1. The molecule has 1 N–H and O–H groups in total. The van der Waals surface area contributed by atoms with Crippen LogP contribution in [-0.4, -0.2) is 27.8 Å². The predicted molar refractivity (Wildman–Crippen MR) is 84.5 cm³/mol. The first-order valence-electron chi connectivity index (χ1n) is 6.61. The lowest BCUT2D eigenvalue weighted by atomic mass is 10.2. The fourth-order valence-corrected chi connectivity index (χ4v) is 2.46. The molecule has 1 rings (SSSR count). The minimum atomic E-state index is -0.211. The van der Waals surface area contributed by atoms with E-state index in [-0.39, 0.29) is 16.6 Å². The van der Waals surface area contributed by atoms with Crippen molar-refractivity contribution >= 4 is 29.1 Å². The van der Waals surface area contributed by atoms with Crippen molar-refractivity contribution in [1.82, 2.24) is 9.78 Å². The second-order valence-electron chi connectivity index (χ2n) is 4.58. The van der Waals surface area contributed by atoms with Gasteiger partial charge in [-0.15, -0.1) is 0 Å². The van der Waals surface area contributed by atoms with E-state index < -0.39 is 0 Å². The summed E-state index contributed by atoms with van der Waals surface area (Å²) in [7, 11) is 0. The van der Waals surface area contributed by atoms with Gasteiger partial charge in [-0.3, -0.25) is 4.79 Å². The van der Waals surface area contributed by atoms with Crippen LogP contribution in [0.4, 0.5) is 5.69 Å². The third-order valence-electron chi connectivity index (χ3n) is 2.87. The average molecular weight is 304 g/mol. The fourth-order valence-electron chi connectivity index (χ4n) is 1.67. The highest BCUT2D eigenvalue weighted by Gasteiger charge is 2.11. The van der Waals surface area contributed by atoms with Crippen LogP contribution in [0, 0.1) is 0 Å². The van der Waals surface area contributed by atoms with Crippen molar-refractivity contribution in [3.63, 3.8) is 0 Å².